The van der Waals surface area contributed by atoms with E-state index in [1.165, 1.54) is 7.11 Å². The number of methoxy groups -OCH3 is 1. The Morgan fingerprint density at radius 3 is 3.13 bits per heavy atom. The first-order chi connectivity index (χ1) is 7.24. The van der Waals surface area contributed by atoms with Crippen molar-refractivity contribution >= 4 is 12.2 Å². The first-order valence-corrected chi connectivity index (χ1v) is 4.13. The summed E-state index contributed by atoms with van der Waals surface area (Å²) in [6.45, 7) is 0.290. The minimum atomic E-state index is -0.499. The molecule has 5 nitrogen and oxygen atoms in total. The van der Waals surface area contributed by atoms with Crippen LogP contribution >= 0.6 is 0 Å². The molecule has 5 heteroatoms. The van der Waals surface area contributed by atoms with Crippen LogP contribution < -0.4 is 0 Å². The number of rotatable bonds is 3. The summed E-state index contributed by atoms with van der Waals surface area (Å²) in [5, 5.41) is 11.3. The molecule has 78 valence electrons. The van der Waals surface area contributed by atoms with Gasteiger partial charge in [-0.05, 0) is 6.07 Å². The Morgan fingerprint density at radius 1 is 1.87 bits per heavy atom. The van der Waals surface area contributed by atoms with Crippen molar-refractivity contribution in [2.75, 3.05) is 7.11 Å². The van der Waals surface area contributed by atoms with E-state index in [1.54, 1.807) is 16.8 Å². The van der Waals surface area contributed by atoms with Crippen LogP contribution in [-0.4, -0.2) is 29.1 Å². The van der Waals surface area contributed by atoms with E-state index in [9.17, 15) is 4.79 Å². The molecule has 0 saturated carbocycles. The quantitative estimate of drug-likeness (QED) is 0.260. The highest BCUT2D eigenvalue weighted by Crippen LogP contribution is 2.10. The molecule has 0 aliphatic heterocycles. The van der Waals surface area contributed by atoms with Crippen LogP contribution in [0.25, 0.3) is 0 Å². The van der Waals surface area contributed by atoms with Gasteiger partial charge < -0.3 is 14.5 Å². The molecule has 0 aliphatic carbocycles. The van der Waals surface area contributed by atoms with Crippen molar-refractivity contribution in [2.24, 2.45) is 5.16 Å². The fourth-order valence-corrected chi connectivity index (χ4v) is 1.20. The van der Waals surface area contributed by atoms with Crippen LogP contribution in [0.3, 0.4) is 0 Å². The maximum atomic E-state index is 11.3. The molecule has 0 saturated heterocycles. The Hall–Kier alpha value is -2.22. The van der Waals surface area contributed by atoms with Crippen molar-refractivity contribution < 1.29 is 14.7 Å². The van der Waals surface area contributed by atoms with E-state index in [1.807, 2.05) is 0 Å². The number of terminal acetylenes is 1. The number of aromatic nitrogens is 1. The minimum absolute atomic E-state index is 0.290. The maximum absolute atomic E-state index is 11.3. The fraction of sp³-hybridized carbons (Fsp3) is 0.200. The Labute approximate surface area is 87.0 Å². The minimum Gasteiger partial charge on any atom is -0.465 e. The van der Waals surface area contributed by atoms with Gasteiger partial charge in [-0.1, -0.05) is 11.1 Å². The van der Waals surface area contributed by atoms with Crippen molar-refractivity contribution in [1.29, 1.82) is 0 Å². The largest absolute Gasteiger partial charge is 0.465 e. The van der Waals surface area contributed by atoms with Crippen molar-refractivity contribution in [2.45, 2.75) is 6.54 Å². The van der Waals surface area contributed by atoms with E-state index < -0.39 is 5.97 Å². The number of ether oxygens (including phenoxy) is 1. The van der Waals surface area contributed by atoms with Crippen molar-refractivity contribution in [3.05, 3.63) is 23.5 Å². The van der Waals surface area contributed by atoms with Crippen LogP contribution in [0.5, 0.6) is 0 Å². The predicted octanol–water partition coefficient (Wildman–Crippen LogP) is 0.716. The van der Waals surface area contributed by atoms with Crippen LogP contribution in [0.15, 0.2) is 17.4 Å². The summed E-state index contributed by atoms with van der Waals surface area (Å²) in [5.41, 5.74) is 0.729. The number of carbonyl (C=O) groups excluding carboxylic acids is 1. The third-order valence-electron chi connectivity index (χ3n) is 1.85. The van der Waals surface area contributed by atoms with Gasteiger partial charge in [-0.3, -0.25) is 0 Å². The van der Waals surface area contributed by atoms with Gasteiger partial charge in [0.2, 0.25) is 0 Å². The molecule has 0 atom stereocenters. The number of carbonyl (C=O) groups is 1. The smallest absolute Gasteiger partial charge is 0.340 e. The third-order valence-corrected chi connectivity index (χ3v) is 1.85. The standard InChI is InChI=1S/C10H10N2O3/c1-3-5-12-6-4-8(10(13)15-2)9(12)7-11-14/h1,4,6-7,14H,5H2,2H3/b11-7+. The van der Waals surface area contributed by atoms with Gasteiger partial charge in [0.25, 0.3) is 0 Å². The molecule has 0 spiro atoms. The first kappa shape index (κ1) is 10.9. The number of hydrogen-bond acceptors (Lipinski definition) is 4. The van der Waals surface area contributed by atoms with E-state index in [4.69, 9.17) is 11.6 Å². The summed E-state index contributed by atoms with van der Waals surface area (Å²) < 4.78 is 6.17. The zero-order valence-corrected chi connectivity index (χ0v) is 8.17. The summed E-state index contributed by atoms with van der Waals surface area (Å²) in [6.07, 6.45) is 7.92. The lowest BCUT2D eigenvalue weighted by Gasteiger charge is -2.02. The number of esters is 1. The lowest BCUT2D eigenvalue weighted by atomic mass is 10.2. The molecule has 0 radical (unpaired) electrons. The predicted molar refractivity (Wildman–Crippen MR) is 54.0 cm³/mol. The van der Waals surface area contributed by atoms with Crippen LogP contribution in [0.2, 0.25) is 0 Å². The summed E-state index contributed by atoms with van der Waals surface area (Å²) in [6, 6.07) is 1.56. The molecule has 1 aromatic rings. The van der Waals surface area contributed by atoms with Gasteiger partial charge in [0.1, 0.15) is 0 Å². The van der Waals surface area contributed by atoms with Crippen molar-refractivity contribution in [3.63, 3.8) is 0 Å². The molecule has 0 aromatic carbocycles. The average molecular weight is 206 g/mol. The molecular formula is C10H10N2O3. The summed E-state index contributed by atoms with van der Waals surface area (Å²) >= 11 is 0. The summed E-state index contributed by atoms with van der Waals surface area (Å²) in [5.74, 6) is 1.92. The fourth-order valence-electron chi connectivity index (χ4n) is 1.20. The molecule has 1 N–H and O–H groups in total. The second-order valence-corrected chi connectivity index (χ2v) is 2.68. The molecule has 0 amide bonds. The molecule has 0 fully saturated rings. The highest BCUT2D eigenvalue weighted by Gasteiger charge is 2.14. The summed E-state index contributed by atoms with van der Waals surface area (Å²) in [7, 11) is 1.28. The van der Waals surface area contributed by atoms with Crippen molar-refractivity contribution in [1.82, 2.24) is 4.57 Å². The van der Waals surface area contributed by atoms with Crippen LogP contribution in [-0.2, 0) is 11.3 Å². The Bertz CT molecular complexity index is 426. The first-order valence-electron chi connectivity index (χ1n) is 4.13. The second-order valence-electron chi connectivity index (χ2n) is 2.68. The molecule has 0 aliphatic rings. The van der Waals surface area contributed by atoms with Crippen LogP contribution in [0, 0.1) is 12.3 Å². The normalized spacial score (nSPS) is 10.1. The van der Waals surface area contributed by atoms with Gasteiger partial charge in [-0.25, -0.2) is 4.79 Å². The number of oxime groups is 1. The molecule has 15 heavy (non-hydrogen) atoms. The molecular weight excluding hydrogens is 196 g/mol. The topological polar surface area (TPSA) is 63.8 Å². The molecule has 1 aromatic heterocycles. The van der Waals surface area contributed by atoms with Crippen molar-refractivity contribution in [3.8, 4) is 12.3 Å². The van der Waals surface area contributed by atoms with E-state index in [2.05, 4.69) is 15.8 Å². The van der Waals surface area contributed by atoms with Gasteiger partial charge >= 0.3 is 5.97 Å². The van der Waals surface area contributed by atoms with Gasteiger partial charge in [-0.2, -0.15) is 0 Å². The van der Waals surface area contributed by atoms with E-state index in [0.29, 0.717) is 17.8 Å². The SMILES string of the molecule is C#CCn1ccc(C(=O)OC)c1/C=N/O. The maximum Gasteiger partial charge on any atom is 0.340 e. The Kier molecular flexibility index (Phi) is 3.52. The van der Waals surface area contributed by atoms with Crippen LogP contribution in [0.4, 0.5) is 0 Å². The lowest BCUT2D eigenvalue weighted by Crippen LogP contribution is -2.07. The van der Waals surface area contributed by atoms with Gasteiger partial charge in [0.15, 0.2) is 0 Å². The molecule has 0 unspecified atom stereocenters. The van der Waals surface area contributed by atoms with Crippen LogP contribution in [0.1, 0.15) is 16.1 Å². The lowest BCUT2D eigenvalue weighted by molar-refractivity contribution is 0.0600. The van der Waals surface area contributed by atoms with Gasteiger partial charge in [-0.15, -0.1) is 6.42 Å². The van der Waals surface area contributed by atoms with E-state index >= 15 is 0 Å². The molecule has 1 heterocycles. The number of nitrogens with zero attached hydrogens (tertiary/aromatic N) is 2. The highest BCUT2D eigenvalue weighted by molar-refractivity contribution is 5.98. The zero-order valence-electron chi connectivity index (χ0n) is 8.17. The second kappa shape index (κ2) is 4.86. The Morgan fingerprint density at radius 2 is 2.60 bits per heavy atom. The van der Waals surface area contributed by atoms with Gasteiger partial charge in [0, 0.05) is 6.20 Å². The third kappa shape index (κ3) is 2.17. The summed E-state index contributed by atoms with van der Waals surface area (Å²) in [4.78, 5) is 11.3. The molecule has 1 rings (SSSR count). The van der Waals surface area contributed by atoms with E-state index in [-0.39, 0.29) is 0 Å². The zero-order chi connectivity index (χ0) is 11.3. The number of hydrogen-bond donors (Lipinski definition) is 1. The Balaban J connectivity index is 3.18. The molecule has 0 bridgehead atoms. The monoisotopic (exact) mass is 206 g/mol. The average Bonchev–Trinajstić information content (AvgIpc) is 2.62. The highest BCUT2D eigenvalue weighted by atomic mass is 16.5. The van der Waals surface area contributed by atoms with E-state index in [0.717, 1.165) is 6.21 Å². The van der Waals surface area contributed by atoms with Gasteiger partial charge in [0.05, 0.1) is 31.1 Å².